The van der Waals surface area contributed by atoms with Crippen molar-refractivity contribution in [3.05, 3.63) is 0 Å². The Kier molecular flexibility index (Phi) is 6.11. The van der Waals surface area contributed by atoms with Crippen molar-refractivity contribution < 1.29 is 24.6 Å². The minimum absolute atomic E-state index is 0.0143. The van der Waals surface area contributed by atoms with Gasteiger partial charge in [0, 0.05) is 19.6 Å². The monoisotopic (exact) mass is 261 g/mol. The lowest BCUT2D eigenvalue weighted by Gasteiger charge is -2.21. The third kappa shape index (κ3) is 5.48. The molecule has 0 aliphatic rings. The Bertz CT molecular complexity index is 329. The van der Waals surface area contributed by atoms with Gasteiger partial charge < -0.3 is 26.6 Å². The van der Waals surface area contributed by atoms with E-state index in [-0.39, 0.29) is 19.6 Å². The van der Waals surface area contributed by atoms with E-state index in [1.165, 1.54) is 0 Å². The Morgan fingerprint density at radius 2 is 1.89 bits per heavy atom. The molecule has 3 amide bonds. The zero-order valence-corrected chi connectivity index (χ0v) is 10.4. The van der Waals surface area contributed by atoms with Crippen LogP contribution in [0.4, 0.5) is 4.79 Å². The summed E-state index contributed by atoms with van der Waals surface area (Å²) in [6.45, 7) is 2.74. The van der Waals surface area contributed by atoms with Crippen LogP contribution >= 0.6 is 0 Å². The van der Waals surface area contributed by atoms with Crippen molar-refractivity contribution in [1.82, 2.24) is 10.6 Å². The van der Waals surface area contributed by atoms with Crippen LogP contribution in [0.25, 0.3) is 0 Å². The van der Waals surface area contributed by atoms with Gasteiger partial charge in [0.1, 0.15) is 6.04 Å². The molecule has 8 heteroatoms. The number of aliphatic carboxylic acids is 1. The lowest BCUT2D eigenvalue weighted by Crippen LogP contribution is -2.50. The number of carboxylic acids is 1. The number of primary amides is 1. The quantitative estimate of drug-likeness (QED) is 0.384. The number of carboxylic acid groups (broad SMARTS) is 1. The molecule has 8 nitrogen and oxygen atoms in total. The van der Waals surface area contributed by atoms with Gasteiger partial charge in [-0.2, -0.15) is 0 Å². The van der Waals surface area contributed by atoms with Crippen LogP contribution in [0.3, 0.4) is 0 Å². The van der Waals surface area contributed by atoms with Gasteiger partial charge in [0.15, 0.2) is 0 Å². The third-order valence-corrected chi connectivity index (χ3v) is 2.38. The van der Waals surface area contributed by atoms with Crippen molar-refractivity contribution in [3.8, 4) is 0 Å². The molecule has 0 aliphatic heterocycles. The first-order chi connectivity index (χ1) is 8.20. The topological polar surface area (TPSA) is 142 Å². The van der Waals surface area contributed by atoms with Crippen LogP contribution in [-0.2, 0) is 9.59 Å². The summed E-state index contributed by atoms with van der Waals surface area (Å²) in [7, 11) is 0. The van der Waals surface area contributed by atoms with Crippen LogP contribution in [0.1, 0.15) is 20.3 Å². The second kappa shape index (κ2) is 6.80. The van der Waals surface area contributed by atoms with Gasteiger partial charge in [-0.1, -0.05) is 0 Å². The first-order valence-electron chi connectivity index (χ1n) is 5.38. The summed E-state index contributed by atoms with van der Waals surface area (Å²) in [5.41, 5.74) is 4.19. The summed E-state index contributed by atoms with van der Waals surface area (Å²) < 4.78 is 0. The van der Waals surface area contributed by atoms with E-state index in [1.807, 2.05) is 0 Å². The molecule has 0 aliphatic carbocycles. The first-order valence-corrected chi connectivity index (χ1v) is 5.38. The lowest BCUT2D eigenvalue weighted by atomic mass is 9.93. The van der Waals surface area contributed by atoms with E-state index in [2.05, 4.69) is 10.6 Å². The van der Waals surface area contributed by atoms with E-state index in [4.69, 9.17) is 15.9 Å². The van der Waals surface area contributed by atoms with E-state index in [0.717, 1.165) is 0 Å². The maximum atomic E-state index is 11.4. The molecule has 0 spiro atoms. The highest BCUT2D eigenvalue weighted by molar-refractivity contribution is 5.84. The second-order valence-corrected chi connectivity index (χ2v) is 4.48. The number of aliphatic hydroxyl groups is 1. The van der Waals surface area contributed by atoms with Crippen molar-refractivity contribution in [2.24, 2.45) is 11.1 Å². The molecule has 0 fully saturated rings. The molecule has 6 N–H and O–H groups in total. The van der Waals surface area contributed by atoms with Gasteiger partial charge in [0.05, 0.1) is 5.41 Å². The summed E-state index contributed by atoms with van der Waals surface area (Å²) in [5, 5.41) is 21.9. The van der Waals surface area contributed by atoms with E-state index in [1.54, 1.807) is 13.8 Å². The van der Waals surface area contributed by atoms with E-state index in [0.29, 0.717) is 0 Å². The maximum Gasteiger partial charge on any atom is 0.326 e. The van der Waals surface area contributed by atoms with Crippen molar-refractivity contribution in [2.75, 3.05) is 13.2 Å². The standard InChI is InChI=1S/C10H19N3O5/c1-10(2,8(11)17)5-12-9(18)13-6(3-4-14)7(15)16/h6,14H,3-5H2,1-2H3,(H2,11,17)(H,15,16)(H2,12,13,18)/t6-/m1/s1. The SMILES string of the molecule is CC(C)(CNC(=O)N[C@H](CCO)C(=O)O)C(N)=O. The normalized spacial score (nSPS) is 12.6. The van der Waals surface area contributed by atoms with E-state index in [9.17, 15) is 14.4 Å². The fourth-order valence-corrected chi connectivity index (χ4v) is 0.984. The number of rotatable bonds is 7. The molecule has 0 radical (unpaired) electrons. The number of amides is 3. The highest BCUT2D eigenvalue weighted by Gasteiger charge is 2.26. The molecule has 18 heavy (non-hydrogen) atoms. The zero-order valence-electron chi connectivity index (χ0n) is 10.4. The Morgan fingerprint density at radius 1 is 1.33 bits per heavy atom. The number of aliphatic hydroxyl groups excluding tert-OH is 1. The van der Waals surface area contributed by atoms with Crippen LogP contribution in [0.5, 0.6) is 0 Å². The third-order valence-electron chi connectivity index (χ3n) is 2.38. The second-order valence-electron chi connectivity index (χ2n) is 4.48. The molecule has 0 saturated carbocycles. The number of nitrogens with two attached hydrogens (primary N) is 1. The summed E-state index contributed by atoms with van der Waals surface area (Å²) in [6.07, 6.45) is -0.0953. The van der Waals surface area contributed by atoms with Gasteiger partial charge in [0.2, 0.25) is 5.91 Å². The minimum atomic E-state index is -1.24. The minimum Gasteiger partial charge on any atom is -0.480 e. The summed E-state index contributed by atoms with van der Waals surface area (Å²) in [4.78, 5) is 33.1. The van der Waals surface area contributed by atoms with Gasteiger partial charge >= 0.3 is 12.0 Å². The van der Waals surface area contributed by atoms with Gasteiger partial charge in [0.25, 0.3) is 0 Å². The van der Waals surface area contributed by atoms with Crippen molar-refractivity contribution in [3.63, 3.8) is 0 Å². The predicted molar refractivity (Wildman–Crippen MR) is 62.6 cm³/mol. The van der Waals surface area contributed by atoms with Crippen LogP contribution in [0.2, 0.25) is 0 Å². The van der Waals surface area contributed by atoms with Crippen LogP contribution < -0.4 is 16.4 Å². The Hall–Kier alpha value is -1.83. The van der Waals surface area contributed by atoms with Crippen LogP contribution in [0, 0.1) is 5.41 Å². The van der Waals surface area contributed by atoms with Crippen LogP contribution in [-0.4, -0.2) is 47.3 Å². The average molecular weight is 261 g/mol. The fourth-order valence-electron chi connectivity index (χ4n) is 0.984. The summed E-state index contributed by atoms with van der Waals surface area (Å²) in [6, 6.07) is -1.91. The van der Waals surface area contributed by atoms with E-state index < -0.39 is 29.4 Å². The Balaban J connectivity index is 4.26. The van der Waals surface area contributed by atoms with Crippen molar-refractivity contribution >= 4 is 17.9 Å². The molecule has 0 aromatic heterocycles. The average Bonchev–Trinajstić information content (AvgIpc) is 2.25. The van der Waals surface area contributed by atoms with E-state index >= 15 is 0 Å². The highest BCUT2D eigenvalue weighted by atomic mass is 16.4. The predicted octanol–water partition coefficient (Wildman–Crippen LogP) is -1.37. The molecule has 0 aromatic rings. The summed E-state index contributed by atoms with van der Waals surface area (Å²) in [5.74, 6) is -1.82. The number of carbonyl (C=O) groups excluding carboxylic acids is 2. The number of urea groups is 1. The zero-order chi connectivity index (χ0) is 14.3. The fraction of sp³-hybridized carbons (Fsp3) is 0.700. The molecule has 1 atom stereocenters. The number of hydrogen-bond acceptors (Lipinski definition) is 4. The molecular weight excluding hydrogens is 242 g/mol. The molecule has 0 saturated heterocycles. The van der Waals surface area contributed by atoms with Gasteiger partial charge in [-0.15, -0.1) is 0 Å². The molecular formula is C10H19N3O5. The molecule has 0 aromatic carbocycles. The van der Waals surface area contributed by atoms with Gasteiger partial charge in [-0.25, -0.2) is 9.59 Å². The molecule has 0 heterocycles. The number of hydrogen-bond donors (Lipinski definition) is 5. The Labute approximate surface area is 105 Å². The van der Waals surface area contributed by atoms with Crippen molar-refractivity contribution in [2.45, 2.75) is 26.3 Å². The summed E-state index contributed by atoms with van der Waals surface area (Å²) >= 11 is 0. The van der Waals surface area contributed by atoms with Crippen LogP contribution in [0.15, 0.2) is 0 Å². The molecule has 104 valence electrons. The molecule has 0 bridgehead atoms. The largest absolute Gasteiger partial charge is 0.480 e. The van der Waals surface area contributed by atoms with Gasteiger partial charge in [-0.05, 0) is 13.8 Å². The molecule has 0 unspecified atom stereocenters. The lowest BCUT2D eigenvalue weighted by molar-refractivity contribution is -0.139. The highest BCUT2D eigenvalue weighted by Crippen LogP contribution is 2.11. The van der Waals surface area contributed by atoms with Gasteiger partial charge in [-0.3, -0.25) is 4.79 Å². The van der Waals surface area contributed by atoms with Crippen molar-refractivity contribution in [1.29, 1.82) is 0 Å². The molecule has 0 rings (SSSR count). The number of carbonyl (C=O) groups is 3. The Morgan fingerprint density at radius 3 is 2.28 bits per heavy atom. The first kappa shape index (κ1) is 16.2. The number of nitrogens with one attached hydrogen (secondary N) is 2. The maximum absolute atomic E-state index is 11.4. The smallest absolute Gasteiger partial charge is 0.326 e.